The van der Waals surface area contributed by atoms with Crippen molar-refractivity contribution in [2.45, 2.75) is 13.0 Å². The first kappa shape index (κ1) is 6.92. The zero-order chi connectivity index (χ0) is 8.55. The second kappa shape index (κ2) is 2.38. The number of hydrogen-bond acceptors (Lipinski definition) is 2. The van der Waals surface area contributed by atoms with Crippen LogP contribution < -0.4 is 5.32 Å². The lowest BCUT2D eigenvalue weighted by Gasteiger charge is -2.14. The predicted octanol–water partition coefficient (Wildman–Crippen LogP) is 0.702. The predicted molar refractivity (Wildman–Crippen MR) is 42.4 cm³/mol. The number of nitrogens with zero attached hydrogens (tertiary/aromatic N) is 2. The van der Waals surface area contributed by atoms with Crippen LogP contribution >= 0.6 is 0 Å². The van der Waals surface area contributed by atoms with E-state index in [-0.39, 0.29) is 5.91 Å². The minimum Gasteiger partial charge on any atom is -0.333 e. The van der Waals surface area contributed by atoms with E-state index >= 15 is 0 Å². The van der Waals surface area contributed by atoms with Gasteiger partial charge in [0.05, 0.1) is 5.56 Å². The molecule has 0 spiro atoms. The van der Waals surface area contributed by atoms with Crippen molar-refractivity contribution in [2.24, 2.45) is 0 Å². The first-order valence-corrected chi connectivity index (χ1v) is 3.70. The molecule has 0 fully saturated rings. The molecule has 1 aromatic heterocycles. The van der Waals surface area contributed by atoms with Crippen LogP contribution in [0.25, 0.3) is 0 Å². The van der Waals surface area contributed by atoms with Crippen LogP contribution in [-0.2, 0) is 11.3 Å². The Bertz CT molecular complexity index is 372. The maximum Gasteiger partial charge on any atom is 0.227 e. The molecule has 1 N–H and O–H groups in total. The number of rotatable bonds is 0. The Morgan fingerprint density at radius 1 is 1.67 bits per heavy atom. The Morgan fingerprint density at radius 2 is 2.50 bits per heavy atom. The molecular weight excluding hydrogens is 154 g/mol. The van der Waals surface area contributed by atoms with Crippen molar-refractivity contribution in [3.63, 3.8) is 0 Å². The molecule has 12 heavy (non-hydrogen) atoms. The number of fused-ring (bicyclic) bond motifs is 1. The summed E-state index contributed by atoms with van der Waals surface area (Å²) < 4.78 is 1.87. The molecule has 1 aliphatic heterocycles. The molecular formula is C8H7N3O. The SMILES string of the molecule is N#Cc1cc2n(c1)CCC(=O)N2. The van der Waals surface area contributed by atoms with Gasteiger partial charge in [-0.1, -0.05) is 0 Å². The molecule has 0 unspecified atom stereocenters. The van der Waals surface area contributed by atoms with Crippen LogP contribution in [0.4, 0.5) is 5.82 Å². The molecule has 1 amide bonds. The minimum absolute atomic E-state index is 0.0186. The van der Waals surface area contributed by atoms with Gasteiger partial charge >= 0.3 is 0 Å². The van der Waals surface area contributed by atoms with Crippen LogP contribution in [0.2, 0.25) is 0 Å². The molecule has 0 bridgehead atoms. The number of amides is 1. The van der Waals surface area contributed by atoms with Crippen molar-refractivity contribution < 1.29 is 4.79 Å². The number of carbonyl (C=O) groups excluding carboxylic acids is 1. The molecule has 0 radical (unpaired) electrons. The van der Waals surface area contributed by atoms with Crippen molar-refractivity contribution >= 4 is 11.7 Å². The molecule has 4 heteroatoms. The fraction of sp³-hybridized carbons (Fsp3) is 0.250. The van der Waals surface area contributed by atoms with Crippen LogP contribution in [0.15, 0.2) is 12.3 Å². The quantitative estimate of drug-likeness (QED) is 0.609. The average Bonchev–Trinajstić information content (AvgIpc) is 2.46. The summed E-state index contributed by atoms with van der Waals surface area (Å²) in [5.74, 6) is 0.743. The molecule has 0 saturated carbocycles. The smallest absolute Gasteiger partial charge is 0.227 e. The van der Waals surface area contributed by atoms with Gasteiger partial charge in [-0.15, -0.1) is 0 Å². The molecule has 2 rings (SSSR count). The summed E-state index contributed by atoms with van der Waals surface area (Å²) in [6.45, 7) is 0.669. The highest BCUT2D eigenvalue weighted by atomic mass is 16.1. The molecule has 0 atom stereocenters. The lowest BCUT2D eigenvalue weighted by atomic mass is 10.3. The van der Waals surface area contributed by atoms with E-state index in [0.717, 1.165) is 5.82 Å². The number of hydrogen-bond donors (Lipinski definition) is 1. The largest absolute Gasteiger partial charge is 0.333 e. The lowest BCUT2D eigenvalue weighted by Crippen LogP contribution is -2.22. The van der Waals surface area contributed by atoms with Gasteiger partial charge in [0.1, 0.15) is 11.9 Å². The standard InChI is InChI=1S/C8H7N3O/c9-4-6-3-7-10-8(12)1-2-11(7)5-6/h3,5H,1-2H2,(H,10,12). The van der Waals surface area contributed by atoms with Crippen LogP contribution in [0.5, 0.6) is 0 Å². The van der Waals surface area contributed by atoms with E-state index in [9.17, 15) is 4.79 Å². The van der Waals surface area contributed by atoms with Gasteiger partial charge in [0.25, 0.3) is 0 Å². The van der Waals surface area contributed by atoms with Gasteiger partial charge in [-0.25, -0.2) is 0 Å². The van der Waals surface area contributed by atoms with Crippen molar-refractivity contribution in [3.8, 4) is 6.07 Å². The third-order valence-corrected chi connectivity index (χ3v) is 1.87. The number of anilines is 1. The molecule has 1 aromatic rings. The molecule has 0 aromatic carbocycles. The average molecular weight is 161 g/mol. The topological polar surface area (TPSA) is 57.8 Å². The highest BCUT2D eigenvalue weighted by Gasteiger charge is 2.14. The summed E-state index contributed by atoms with van der Waals surface area (Å²) in [6.07, 6.45) is 2.24. The number of nitrogens with one attached hydrogen (secondary N) is 1. The zero-order valence-corrected chi connectivity index (χ0v) is 6.37. The first-order valence-electron chi connectivity index (χ1n) is 3.70. The van der Waals surface area contributed by atoms with Crippen molar-refractivity contribution in [3.05, 3.63) is 17.8 Å². The van der Waals surface area contributed by atoms with Crippen LogP contribution in [0.1, 0.15) is 12.0 Å². The Morgan fingerprint density at radius 3 is 3.25 bits per heavy atom. The number of aryl methyl sites for hydroxylation is 1. The number of carbonyl (C=O) groups is 1. The van der Waals surface area contributed by atoms with E-state index in [0.29, 0.717) is 18.5 Å². The highest BCUT2D eigenvalue weighted by molar-refractivity contribution is 5.91. The normalized spacial score (nSPS) is 14.8. The minimum atomic E-state index is 0.0186. The first-order chi connectivity index (χ1) is 5.79. The summed E-state index contributed by atoms with van der Waals surface area (Å²) in [7, 11) is 0. The number of nitriles is 1. The Hall–Kier alpha value is -1.76. The maximum atomic E-state index is 10.9. The molecule has 60 valence electrons. The van der Waals surface area contributed by atoms with E-state index in [4.69, 9.17) is 5.26 Å². The molecule has 1 aliphatic rings. The van der Waals surface area contributed by atoms with E-state index < -0.39 is 0 Å². The summed E-state index contributed by atoms with van der Waals surface area (Å²) in [6, 6.07) is 3.70. The summed E-state index contributed by atoms with van der Waals surface area (Å²) >= 11 is 0. The lowest BCUT2D eigenvalue weighted by molar-refractivity contribution is -0.116. The summed E-state index contributed by atoms with van der Waals surface area (Å²) in [5.41, 5.74) is 0.590. The van der Waals surface area contributed by atoms with Crippen LogP contribution in [0.3, 0.4) is 0 Å². The van der Waals surface area contributed by atoms with E-state index in [1.54, 1.807) is 12.3 Å². The van der Waals surface area contributed by atoms with Crippen LogP contribution in [0, 0.1) is 11.3 Å². The van der Waals surface area contributed by atoms with Gasteiger partial charge < -0.3 is 9.88 Å². The fourth-order valence-electron chi connectivity index (χ4n) is 1.29. The van der Waals surface area contributed by atoms with Crippen LogP contribution in [-0.4, -0.2) is 10.5 Å². The third kappa shape index (κ3) is 0.957. The van der Waals surface area contributed by atoms with Gasteiger partial charge in [0, 0.05) is 19.2 Å². The summed E-state index contributed by atoms with van der Waals surface area (Å²) in [5, 5.41) is 11.3. The molecule has 4 nitrogen and oxygen atoms in total. The van der Waals surface area contributed by atoms with Crippen molar-refractivity contribution in [1.82, 2.24) is 4.57 Å². The monoisotopic (exact) mass is 161 g/mol. The Balaban J connectivity index is 2.42. The van der Waals surface area contributed by atoms with E-state index in [2.05, 4.69) is 5.32 Å². The summed E-state index contributed by atoms with van der Waals surface area (Å²) in [4.78, 5) is 10.9. The van der Waals surface area contributed by atoms with Gasteiger partial charge in [-0.3, -0.25) is 4.79 Å². The highest BCUT2D eigenvalue weighted by Crippen LogP contribution is 2.18. The molecule has 2 heterocycles. The van der Waals surface area contributed by atoms with Gasteiger partial charge in [-0.05, 0) is 6.07 Å². The maximum absolute atomic E-state index is 10.9. The molecule has 0 saturated heterocycles. The van der Waals surface area contributed by atoms with Gasteiger partial charge in [0.15, 0.2) is 0 Å². The van der Waals surface area contributed by atoms with E-state index in [1.807, 2.05) is 10.6 Å². The van der Waals surface area contributed by atoms with E-state index in [1.165, 1.54) is 0 Å². The van der Waals surface area contributed by atoms with Gasteiger partial charge in [-0.2, -0.15) is 5.26 Å². The van der Waals surface area contributed by atoms with Crippen molar-refractivity contribution in [2.75, 3.05) is 5.32 Å². The van der Waals surface area contributed by atoms with Crippen molar-refractivity contribution in [1.29, 1.82) is 5.26 Å². The fourth-order valence-corrected chi connectivity index (χ4v) is 1.29. The second-order valence-corrected chi connectivity index (χ2v) is 2.72. The Labute approximate surface area is 69.4 Å². The zero-order valence-electron chi connectivity index (χ0n) is 6.37. The second-order valence-electron chi connectivity index (χ2n) is 2.72. The molecule has 0 aliphatic carbocycles. The number of aromatic nitrogens is 1. The van der Waals surface area contributed by atoms with Gasteiger partial charge in [0.2, 0.25) is 5.91 Å². The third-order valence-electron chi connectivity index (χ3n) is 1.87. The Kier molecular flexibility index (Phi) is 1.37.